The largest absolute Gasteiger partial charge is 0.373 e. The molecular formula is C22H26FN3O3S. The highest BCUT2D eigenvalue weighted by Gasteiger charge is 2.34. The summed E-state index contributed by atoms with van der Waals surface area (Å²) in [6.45, 7) is 2.58. The van der Waals surface area contributed by atoms with Crippen LogP contribution >= 0.6 is 0 Å². The van der Waals surface area contributed by atoms with E-state index in [1.165, 1.54) is 16.4 Å². The molecule has 4 rings (SSSR count). The Labute approximate surface area is 176 Å². The molecule has 0 aliphatic carbocycles. The van der Waals surface area contributed by atoms with Crippen molar-refractivity contribution >= 4 is 21.6 Å². The molecule has 160 valence electrons. The van der Waals surface area contributed by atoms with E-state index in [1.807, 2.05) is 24.1 Å². The summed E-state index contributed by atoms with van der Waals surface area (Å²) >= 11 is 0. The van der Waals surface area contributed by atoms with E-state index < -0.39 is 15.8 Å². The van der Waals surface area contributed by atoms with Gasteiger partial charge >= 0.3 is 0 Å². The maximum Gasteiger partial charge on any atom is 0.243 e. The van der Waals surface area contributed by atoms with Crippen LogP contribution in [0.2, 0.25) is 0 Å². The van der Waals surface area contributed by atoms with Crippen LogP contribution < -0.4 is 4.90 Å². The number of halogens is 1. The Hall–Kier alpha value is -2.45. The van der Waals surface area contributed by atoms with Gasteiger partial charge in [-0.2, -0.15) is 4.31 Å². The smallest absolute Gasteiger partial charge is 0.243 e. The van der Waals surface area contributed by atoms with Crippen molar-refractivity contribution in [3.8, 4) is 0 Å². The van der Waals surface area contributed by atoms with Crippen molar-refractivity contribution in [3.05, 3.63) is 59.9 Å². The Morgan fingerprint density at radius 2 is 1.63 bits per heavy atom. The average Bonchev–Trinajstić information content (AvgIpc) is 2.93. The highest BCUT2D eigenvalue weighted by Crippen LogP contribution is 2.28. The molecule has 2 aromatic rings. The fourth-order valence-corrected chi connectivity index (χ4v) is 5.71. The standard InChI is InChI=1S/C22H26FN3O3S/c1-24-14-15-25(16-18-4-2-3-5-21(18)24)22(27)17-10-12-26(13-11-17)30(28,29)20-8-6-19(23)7-9-20/h2-9,17H,10-16H2,1H3. The zero-order valence-electron chi connectivity index (χ0n) is 17.0. The summed E-state index contributed by atoms with van der Waals surface area (Å²) in [6.07, 6.45) is 0.987. The Morgan fingerprint density at radius 1 is 0.967 bits per heavy atom. The highest BCUT2D eigenvalue weighted by molar-refractivity contribution is 7.89. The minimum atomic E-state index is -3.67. The van der Waals surface area contributed by atoms with Crippen LogP contribution in [0.4, 0.5) is 10.1 Å². The lowest BCUT2D eigenvalue weighted by Gasteiger charge is -2.33. The number of hydrogen-bond acceptors (Lipinski definition) is 4. The molecule has 0 N–H and O–H groups in total. The van der Waals surface area contributed by atoms with Crippen molar-refractivity contribution in [2.45, 2.75) is 24.3 Å². The zero-order valence-corrected chi connectivity index (χ0v) is 17.8. The lowest BCUT2D eigenvalue weighted by molar-refractivity contribution is -0.137. The molecule has 0 bridgehead atoms. The van der Waals surface area contributed by atoms with Gasteiger partial charge in [-0.15, -0.1) is 0 Å². The van der Waals surface area contributed by atoms with Crippen LogP contribution in [0, 0.1) is 11.7 Å². The van der Waals surface area contributed by atoms with Crippen molar-refractivity contribution in [1.29, 1.82) is 0 Å². The lowest BCUT2D eigenvalue weighted by Crippen LogP contribution is -2.45. The molecule has 2 aliphatic rings. The third-order valence-corrected chi connectivity index (χ3v) is 7.95. The van der Waals surface area contributed by atoms with Crippen LogP contribution in [-0.4, -0.2) is 56.8 Å². The molecule has 2 heterocycles. The number of nitrogens with zero attached hydrogens (tertiary/aromatic N) is 3. The predicted octanol–water partition coefficient (Wildman–Crippen LogP) is 2.71. The van der Waals surface area contributed by atoms with Gasteiger partial charge in [0, 0.05) is 51.4 Å². The summed E-state index contributed by atoms with van der Waals surface area (Å²) in [7, 11) is -1.64. The molecule has 2 aromatic carbocycles. The van der Waals surface area contributed by atoms with Gasteiger partial charge in [0.25, 0.3) is 0 Å². The third kappa shape index (κ3) is 4.06. The number of piperidine rings is 1. The predicted molar refractivity (Wildman–Crippen MR) is 113 cm³/mol. The fourth-order valence-electron chi connectivity index (χ4n) is 4.24. The van der Waals surface area contributed by atoms with Gasteiger partial charge in [-0.25, -0.2) is 12.8 Å². The number of likely N-dealkylation sites (N-methyl/N-ethyl adjacent to an activating group) is 1. The monoisotopic (exact) mass is 431 g/mol. The van der Waals surface area contributed by atoms with Crippen LogP contribution in [0.15, 0.2) is 53.4 Å². The summed E-state index contributed by atoms with van der Waals surface area (Å²) in [5.41, 5.74) is 2.27. The molecule has 6 nitrogen and oxygen atoms in total. The number of rotatable bonds is 3. The van der Waals surface area contributed by atoms with E-state index in [0.29, 0.717) is 39.0 Å². The molecule has 0 aromatic heterocycles. The second-order valence-electron chi connectivity index (χ2n) is 7.94. The van der Waals surface area contributed by atoms with Gasteiger partial charge in [0.2, 0.25) is 15.9 Å². The van der Waals surface area contributed by atoms with E-state index >= 15 is 0 Å². The van der Waals surface area contributed by atoms with Gasteiger partial charge < -0.3 is 9.80 Å². The van der Waals surface area contributed by atoms with Crippen LogP contribution in [0.25, 0.3) is 0 Å². The minimum absolute atomic E-state index is 0.0841. The maximum absolute atomic E-state index is 13.2. The normalized spacial score (nSPS) is 18.7. The van der Waals surface area contributed by atoms with Crippen LogP contribution in [0.5, 0.6) is 0 Å². The number of anilines is 1. The van der Waals surface area contributed by atoms with Gasteiger partial charge in [0.1, 0.15) is 5.82 Å². The molecular weight excluding hydrogens is 405 g/mol. The van der Waals surface area contributed by atoms with Crippen molar-refractivity contribution in [1.82, 2.24) is 9.21 Å². The first kappa shape index (κ1) is 20.8. The Morgan fingerprint density at radius 3 is 2.33 bits per heavy atom. The summed E-state index contributed by atoms with van der Waals surface area (Å²) in [5, 5.41) is 0. The Balaban J connectivity index is 1.42. The average molecular weight is 432 g/mol. The van der Waals surface area contributed by atoms with Gasteiger partial charge in [-0.3, -0.25) is 4.79 Å². The Bertz CT molecular complexity index is 1020. The molecule has 0 spiro atoms. The fraction of sp³-hybridized carbons (Fsp3) is 0.409. The number of para-hydroxylation sites is 1. The summed E-state index contributed by atoms with van der Waals surface area (Å²) < 4.78 is 40.1. The summed E-state index contributed by atoms with van der Waals surface area (Å²) in [4.78, 5) is 17.3. The summed E-state index contributed by atoms with van der Waals surface area (Å²) in [6, 6.07) is 13.0. The second kappa shape index (κ2) is 8.35. The van der Waals surface area contributed by atoms with Gasteiger partial charge in [-0.1, -0.05) is 18.2 Å². The number of fused-ring (bicyclic) bond motifs is 1. The van der Waals surface area contributed by atoms with Gasteiger partial charge in [-0.05, 0) is 48.7 Å². The number of sulfonamides is 1. The van der Waals surface area contributed by atoms with E-state index in [2.05, 4.69) is 17.0 Å². The molecule has 1 fully saturated rings. The highest BCUT2D eigenvalue weighted by atomic mass is 32.2. The quantitative estimate of drug-likeness (QED) is 0.750. The SMILES string of the molecule is CN1CCN(C(=O)C2CCN(S(=O)(=O)c3ccc(F)cc3)CC2)Cc2ccccc21. The molecule has 1 amide bonds. The molecule has 2 aliphatic heterocycles. The third-order valence-electron chi connectivity index (χ3n) is 6.04. The Kier molecular flexibility index (Phi) is 5.79. The maximum atomic E-state index is 13.2. The summed E-state index contributed by atoms with van der Waals surface area (Å²) in [5.74, 6) is -0.554. The molecule has 0 radical (unpaired) electrons. The lowest BCUT2D eigenvalue weighted by atomic mass is 9.96. The zero-order chi connectivity index (χ0) is 21.3. The van der Waals surface area contributed by atoms with E-state index in [1.54, 1.807) is 0 Å². The molecule has 0 saturated carbocycles. The van der Waals surface area contributed by atoms with Gasteiger partial charge in [0.05, 0.1) is 4.90 Å². The first-order valence-corrected chi connectivity index (χ1v) is 11.6. The number of hydrogen-bond donors (Lipinski definition) is 0. The van der Waals surface area contributed by atoms with Gasteiger partial charge in [0.15, 0.2) is 0 Å². The van der Waals surface area contributed by atoms with E-state index in [-0.39, 0.29) is 16.7 Å². The number of carbonyl (C=O) groups is 1. The molecule has 0 unspecified atom stereocenters. The van der Waals surface area contributed by atoms with Crippen molar-refractivity contribution < 1.29 is 17.6 Å². The first-order chi connectivity index (χ1) is 14.4. The van der Waals surface area contributed by atoms with Crippen LogP contribution in [0.1, 0.15) is 18.4 Å². The molecule has 8 heteroatoms. The van der Waals surface area contributed by atoms with E-state index in [9.17, 15) is 17.6 Å². The number of benzene rings is 2. The van der Waals surface area contributed by atoms with Crippen molar-refractivity contribution in [2.75, 3.05) is 38.1 Å². The minimum Gasteiger partial charge on any atom is -0.373 e. The molecule has 0 atom stereocenters. The topological polar surface area (TPSA) is 60.9 Å². The van der Waals surface area contributed by atoms with E-state index in [0.717, 1.165) is 29.9 Å². The van der Waals surface area contributed by atoms with Crippen molar-refractivity contribution in [3.63, 3.8) is 0 Å². The van der Waals surface area contributed by atoms with E-state index in [4.69, 9.17) is 0 Å². The van der Waals surface area contributed by atoms with Crippen LogP contribution in [-0.2, 0) is 21.4 Å². The van der Waals surface area contributed by atoms with Crippen molar-refractivity contribution in [2.24, 2.45) is 5.92 Å². The second-order valence-corrected chi connectivity index (χ2v) is 9.88. The number of carbonyl (C=O) groups excluding carboxylic acids is 1. The van der Waals surface area contributed by atoms with Crippen LogP contribution in [0.3, 0.4) is 0 Å². The molecule has 30 heavy (non-hydrogen) atoms. The first-order valence-electron chi connectivity index (χ1n) is 10.2. The number of amides is 1. The molecule has 1 saturated heterocycles.